The van der Waals surface area contributed by atoms with Crippen molar-refractivity contribution in [2.45, 2.75) is 48.5 Å². The maximum Gasteiger partial charge on any atom is 0.310 e. The highest BCUT2D eigenvalue weighted by molar-refractivity contribution is 5.72. The summed E-state index contributed by atoms with van der Waals surface area (Å²) in [6, 6.07) is 0. The third kappa shape index (κ3) is 4.97. The van der Waals surface area contributed by atoms with Gasteiger partial charge in [-0.05, 0) is 16.7 Å². The molecule has 3 nitrogen and oxygen atoms in total. The zero-order valence-electron chi connectivity index (χ0n) is 13.4. The van der Waals surface area contributed by atoms with Gasteiger partial charge in [0.25, 0.3) is 0 Å². The Morgan fingerprint density at radius 2 is 1.67 bits per heavy atom. The summed E-state index contributed by atoms with van der Waals surface area (Å²) in [5.74, 6) is 0.111. The second kappa shape index (κ2) is 6.55. The summed E-state index contributed by atoms with van der Waals surface area (Å²) < 4.78 is 4.84. The van der Waals surface area contributed by atoms with E-state index in [4.69, 9.17) is 4.74 Å². The number of hydrogen-bond donors (Lipinski definition) is 1. The summed E-state index contributed by atoms with van der Waals surface area (Å²) >= 11 is 0. The molecule has 0 aromatic carbocycles. The van der Waals surface area contributed by atoms with E-state index in [1.54, 1.807) is 0 Å². The molecule has 0 aliphatic rings. The first kappa shape index (κ1) is 17.4. The number of esters is 1. The van der Waals surface area contributed by atoms with E-state index in [2.05, 4.69) is 53.8 Å². The van der Waals surface area contributed by atoms with Crippen molar-refractivity contribution in [3.63, 3.8) is 0 Å². The fraction of sp³-hybridized carbons (Fsp3) is 0.933. The van der Waals surface area contributed by atoms with Gasteiger partial charge in [0, 0.05) is 13.1 Å². The summed E-state index contributed by atoms with van der Waals surface area (Å²) in [4.78, 5) is 11.6. The van der Waals surface area contributed by atoms with Crippen LogP contribution < -0.4 is 5.32 Å². The number of ether oxygens (including phenoxy) is 1. The van der Waals surface area contributed by atoms with E-state index in [1.807, 2.05) is 0 Å². The molecule has 0 heterocycles. The van der Waals surface area contributed by atoms with Gasteiger partial charge in [-0.2, -0.15) is 0 Å². The van der Waals surface area contributed by atoms with Gasteiger partial charge < -0.3 is 10.1 Å². The van der Waals surface area contributed by atoms with Crippen LogP contribution in [0.25, 0.3) is 0 Å². The van der Waals surface area contributed by atoms with E-state index < -0.39 is 0 Å². The molecule has 0 bridgehead atoms. The summed E-state index contributed by atoms with van der Waals surface area (Å²) in [5.41, 5.74) is 0.420. The standard InChI is InChI=1S/C15H31NO2/c1-11(2)12(13(17)18-8)9-16-10-15(6,7)14(3,4)5/h11-12,16H,9-10H2,1-8H3. The molecular weight excluding hydrogens is 226 g/mol. The second-order valence-corrected chi connectivity index (χ2v) is 7.14. The van der Waals surface area contributed by atoms with Gasteiger partial charge >= 0.3 is 5.97 Å². The molecule has 0 saturated carbocycles. The summed E-state index contributed by atoms with van der Waals surface area (Å²) in [7, 11) is 1.46. The maximum atomic E-state index is 11.6. The first-order valence-electron chi connectivity index (χ1n) is 6.81. The van der Waals surface area contributed by atoms with Crippen molar-refractivity contribution in [3.8, 4) is 0 Å². The number of carbonyl (C=O) groups is 1. The molecule has 18 heavy (non-hydrogen) atoms. The molecule has 0 aliphatic heterocycles. The van der Waals surface area contributed by atoms with Crippen LogP contribution in [-0.4, -0.2) is 26.2 Å². The largest absolute Gasteiger partial charge is 0.469 e. The van der Waals surface area contributed by atoms with Crippen molar-refractivity contribution >= 4 is 5.97 Å². The monoisotopic (exact) mass is 257 g/mol. The lowest BCUT2D eigenvalue weighted by Crippen LogP contribution is -2.42. The molecule has 0 amide bonds. The summed E-state index contributed by atoms with van der Waals surface area (Å²) in [6.45, 7) is 16.9. The molecule has 0 aromatic heterocycles. The van der Waals surface area contributed by atoms with Crippen LogP contribution in [0.5, 0.6) is 0 Å². The topological polar surface area (TPSA) is 38.3 Å². The Kier molecular flexibility index (Phi) is 6.35. The Labute approximate surface area is 113 Å². The average Bonchev–Trinajstić information content (AvgIpc) is 2.21. The lowest BCUT2D eigenvalue weighted by molar-refractivity contribution is -0.146. The zero-order valence-corrected chi connectivity index (χ0v) is 13.4. The predicted octanol–water partition coefficient (Wildman–Crippen LogP) is 3.09. The van der Waals surface area contributed by atoms with Gasteiger partial charge in [-0.3, -0.25) is 4.79 Å². The highest BCUT2D eigenvalue weighted by Crippen LogP contribution is 2.37. The van der Waals surface area contributed by atoms with E-state index in [0.717, 1.165) is 6.54 Å². The number of methoxy groups -OCH3 is 1. The Hall–Kier alpha value is -0.570. The molecule has 0 saturated heterocycles. The van der Waals surface area contributed by atoms with Crippen molar-refractivity contribution in [2.75, 3.05) is 20.2 Å². The van der Waals surface area contributed by atoms with Crippen LogP contribution in [0.4, 0.5) is 0 Å². The van der Waals surface area contributed by atoms with Crippen LogP contribution in [0.2, 0.25) is 0 Å². The Balaban J connectivity index is 4.36. The fourth-order valence-corrected chi connectivity index (χ4v) is 1.55. The molecule has 1 atom stereocenters. The third-order valence-electron chi connectivity index (χ3n) is 4.27. The fourth-order valence-electron chi connectivity index (χ4n) is 1.55. The summed E-state index contributed by atoms with van der Waals surface area (Å²) in [5, 5.41) is 3.43. The normalized spacial score (nSPS) is 14.7. The number of hydrogen-bond acceptors (Lipinski definition) is 3. The highest BCUT2D eigenvalue weighted by atomic mass is 16.5. The van der Waals surface area contributed by atoms with Crippen molar-refractivity contribution in [1.29, 1.82) is 0 Å². The van der Waals surface area contributed by atoms with E-state index in [0.29, 0.717) is 12.5 Å². The highest BCUT2D eigenvalue weighted by Gasteiger charge is 2.33. The van der Waals surface area contributed by atoms with Gasteiger partial charge in [0.1, 0.15) is 0 Å². The molecule has 108 valence electrons. The molecule has 1 N–H and O–H groups in total. The van der Waals surface area contributed by atoms with Crippen molar-refractivity contribution in [1.82, 2.24) is 5.32 Å². The van der Waals surface area contributed by atoms with Crippen LogP contribution in [0.3, 0.4) is 0 Å². The van der Waals surface area contributed by atoms with Gasteiger partial charge in [0.15, 0.2) is 0 Å². The zero-order chi connectivity index (χ0) is 14.6. The molecule has 1 unspecified atom stereocenters. The van der Waals surface area contributed by atoms with Crippen LogP contribution in [0.1, 0.15) is 48.5 Å². The summed E-state index contributed by atoms with van der Waals surface area (Å²) in [6.07, 6.45) is 0. The van der Waals surface area contributed by atoms with Crippen LogP contribution >= 0.6 is 0 Å². The Morgan fingerprint density at radius 3 is 2.00 bits per heavy atom. The predicted molar refractivity (Wildman–Crippen MR) is 76.4 cm³/mol. The van der Waals surface area contributed by atoms with E-state index in [1.165, 1.54) is 7.11 Å². The minimum absolute atomic E-state index is 0.0641. The van der Waals surface area contributed by atoms with E-state index >= 15 is 0 Å². The Morgan fingerprint density at radius 1 is 1.17 bits per heavy atom. The molecule has 3 heteroatoms. The first-order valence-corrected chi connectivity index (χ1v) is 6.81. The number of carbonyl (C=O) groups excluding carboxylic acids is 1. The molecule has 0 radical (unpaired) electrons. The minimum atomic E-state index is -0.119. The quantitative estimate of drug-likeness (QED) is 0.743. The third-order valence-corrected chi connectivity index (χ3v) is 4.27. The van der Waals surface area contributed by atoms with Crippen molar-refractivity contribution in [3.05, 3.63) is 0 Å². The van der Waals surface area contributed by atoms with Crippen LogP contribution in [0, 0.1) is 22.7 Å². The van der Waals surface area contributed by atoms with Crippen LogP contribution in [0.15, 0.2) is 0 Å². The molecule has 0 rings (SSSR count). The lowest BCUT2D eigenvalue weighted by atomic mass is 9.69. The van der Waals surface area contributed by atoms with Crippen LogP contribution in [-0.2, 0) is 9.53 Å². The van der Waals surface area contributed by atoms with Gasteiger partial charge in [0.05, 0.1) is 13.0 Å². The smallest absolute Gasteiger partial charge is 0.310 e. The number of nitrogens with one attached hydrogen (secondary N) is 1. The maximum absolute atomic E-state index is 11.6. The van der Waals surface area contributed by atoms with E-state index in [9.17, 15) is 4.79 Å². The van der Waals surface area contributed by atoms with Crippen molar-refractivity contribution < 1.29 is 9.53 Å². The van der Waals surface area contributed by atoms with Gasteiger partial charge in [-0.25, -0.2) is 0 Å². The first-order chi connectivity index (χ1) is 8.03. The molecular formula is C15H31NO2. The van der Waals surface area contributed by atoms with Gasteiger partial charge in [-0.15, -0.1) is 0 Å². The second-order valence-electron chi connectivity index (χ2n) is 7.14. The van der Waals surface area contributed by atoms with Gasteiger partial charge in [0.2, 0.25) is 0 Å². The molecule has 0 aromatic rings. The molecule has 0 spiro atoms. The SMILES string of the molecule is COC(=O)C(CNCC(C)(C)C(C)(C)C)C(C)C. The van der Waals surface area contributed by atoms with E-state index in [-0.39, 0.29) is 22.7 Å². The average molecular weight is 257 g/mol. The van der Waals surface area contributed by atoms with Crippen molar-refractivity contribution in [2.24, 2.45) is 22.7 Å². The number of rotatable bonds is 6. The van der Waals surface area contributed by atoms with Gasteiger partial charge in [-0.1, -0.05) is 48.5 Å². The Bertz CT molecular complexity index is 264. The molecule has 0 fully saturated rings. The lowest BCUT2D eigenvalue weighted by Gasteiger charge is -2.39. The molecule has 0 aliphatic carbocycles. The minimum Gasteiger partial charge on any atom is -0.469 e.